The fourth-order valence-corrected chi connectivity index (χ4v) is 4.24. The lowest BCUT2D eigenvalue weighted by Gasteiger charge is -2.16. The van der Waals surface area contributed by atoms with Crippen LogP contribution >= 0.6 is 0 Å². The monoisotopic (exact) mass is 552 g/mol. The van der Waals surface area contributed by atoms with Gasteiger partial charge in [-0.05, 0) is 36.5 Å². The van der Waals surface area contributed by atoms with E-state index in [1.807, 2.05) is 24.3 Å². The van der Waals surface area contributed by atoms with Gasteiger partial charge >= 0.3 is 0 Å². The van der Waals surface area contributed by atoms with Gasteiger partial charge in [-0.1, -0.05) is 18.2 Å². The maximum Gasteiger partial charge on any atom is 0.265 e. The molecule has 208 valence electrons. The summed E-state index contributed by atoms with van der Waals surface area (Å²) in [6.45, 7) is 0.329. The molecule has 0 radical (unpaired) electrons. The molecular formula is C29H28N8O4. The molecule has 1 saturated carbocycles. The number of methoxy groups -OCH3 is 2. The highest BCUT2D eigenvalue weighted by Gasteiger charge is 2.22. The van der Waals surface area contributed by atoms with Gasteiger partial charge in [-0.2, -0.15) is 10.2 Å². The number of hydrogen-bond donors (Lipinski definition) is 4. The molecule has 0 saturated heterocycles. The van der Waals surface area contributed by atoms with Gasteiger partial charge in [-0.15, -0.1) is 0 Å². The average molecular weight is 553 g/mol. The maximum absolute atomic E-state index is 12.6. The molecule has 12 heteroatoms. The highest BCUT2D eigenvalue weighted by Crippen LogP contribution is 2.32. The normalized spacial score (nSPS) is 12.9. The highest BCUT2D eigenvalue weighted by molar-refractivity contribution is 6.06. The van der Waals surface area contributed by atoms with Crippen molar-refractivity contribution in [2.45, 2.75) is 19.4 Å². The number of anilines is 4. The van der Waals surface area contributed by atoms with E-state index in [0.29, 0.717) is 46.9 Å². The molecule has 2 aromatic carbocycles. The Morgan fingerprint density at radius 3 is 2.56 bits per heavy atom. The second-order valence-electron chi connectivity index (χ2n) is 9.41. The summed E-state index contributed by atoms with van der Waals surface area (Å²) in [6.07, 6.45) is 6.95. The number of allylic oxidation sites excluding steroid dienone is 1. The number of nitrogens with two attached hydrogens (primary N) is 1. The molecule has 0 aliphatic heterocycles. The summed E-state index contributed by atoms with van der Waals surface area (Å²) in [6, 6.07) is 14.4. The van der Waals surface area contributed by atoms with Crippen molar-refractivity contribution in [3.8, 4) is 17.6 Å². The Balaban J connectivity index is 1.40. The number of imidazole rings is 1. The van der Waals surface area contributed by atoms with Gasteiger partial charge in [0.05, 0.1) is 14.2 Å². The second-order valence-corrected chi connectivity index (χ2v) is 9.41. The Morgan fingerprint density at radius 2 is 1.90 bits per heavy atom. The molecule has 0 spiro atoms. The topological polar surface area (TPSA) is 169 Å². The van der Waals surface area contributed by atoms with E-state index in [4.69, 9.17) is 15.2 Å². The van der Waals surface area contributed by atoms with Crippen molar-refractivity contribution >= 4 is 40.6 Å². The first-order chi connectivity index (χ1) is 19.9. The molecule has 0 atom stereocenters. The summed E-state index contributed by atoms with van der Waals surface area (Å²) in [5.41, 5.74) is 8.25. The highest BCUT2D eigenvalue weighted by atomic mass is 16.5. The molecule has 2 aromatic heterocycles. The minimum absolute atomic E-state index is 0.111. The number of amides is 2. The van der Waals surface area contributed by atoms with Crippen molar-refractivity contribution < 1.29 is 19.1 Å². The third-order valence-corrected chi connectivity index (χ3v) is 6.43. The van der Waals surface area contributed by atoms with Gasteiger partial charge < -0.3 is 31.2 Å². The van der Waals surface area contributed by atoms with Gasteiger partial charge in [0.2, 0.25) is 5.95 Å². The standard InChI is InChI=1S/C29H28N8O4/c1-40-22-12-21(13-23(14-22)41-2)34-26-24(25(31)38)27-32-8-9-37(27)29(36-26)33-16-18-4-3-5-20(11-18)35-28(39)19(15-30)10-17-6-7-17/h3-5,8-14,17,34H,6-7,16H2,1-2H3,(H2,31,38)(H,33,36)(H,35,39). The summed E-state index contributed by atoms with van der Waals surface area (Å²) in [5, 5.41) is 18.6. The van der Waals surface area contributed by atoms with Gasteiger partial charge in [-0.3, -0.25) is 14.0 Å². The first-order valence-electron chi connectivity index (χ1n) is 12.8. The lowest BCUT2D eigenvalue weighted by atomic mass is 10.1. The van der Waals surface area contributed by atoms with Gasteiger partial charge in [-0.25, -0.2) is 4.98 Å². The Kier molecular flexibility index (Phi) is 7.69. The van der Waals surface area contributed by atoms with Gasteiger partial charge in [0.15, 0.2) is 11.5 Å². The van der Waals surface area contributed by atoms with E-state index in [0.717, 1.165) is 18.4 Å². The van der Waals surface area contributed by atoms with E-state index >= 15 is 0 Å². The van der Waals surface area contributed by atoms with Crippen molar-refractivity contribution in [2.24, 2.45) is 11.7 Å². The SMILES string of the molecule is COc1cc(Nc2nc(NCc3cccc(NC(=O)C(C#N)=CC4CC4)c3)n3ccnc3c2C(N)=O)cc(OC)c1. The molecule has 4 aromatic rings. The first-order valence-corrected chi connectivity index (χ1v) is 12.8. The van der Waals surface area contributed by atoms with Gasteiger partial charge in [0, 0.05) is 48.5 Å². The number of hydrogen-bond acceptors (Lipinski definition) is 9. The molecule has 41 heavy (non-hydrogen) atoms. The molecular weight excluding hydrogens is 524 g/mol. The van der Waals surface area contributed by atoms with Crippen LogP contribution in [-0.4, -0.2) is 40.4 Å². The number of nitrogens with one attached hydrogen (secondary N) is 3. The number of rotatable bonds is 11. The summed E-state index contributed by atoms with van der Waals surface area (Å²) in [4.78, 5) is 34.0. The van der Waals surface area contributed by atoms with Crippen LogP contribution < -0.4 is 31.2 Å². The van der Waals surface area contributed by atoms with Gasteiger partial charge in [0.1, 0.15) is 28.7 Å². The van der Waals surface area contributed by atoms with Crippen LogP contribution in [0.15, 0.2) is 66.5 Å². The predicted molar refractivity (Wildman–Crippen MR) is 153 cm³/mol. The molecule has 0 unspecified atom stereocenters. The number of carbonyl (C=O) groups excluding carboxylic acids is 2. The fourth-order valence-electron chi connectivity index (χ4n) is 4.24. The zero-order valence-corrected chi connectivity index (χ0v) is 22.5. The predicted octanol–water partition coefficient (Wildman–Crippen LogP) is 4.00. The number of fused-ring (bicyclic) bond motifs is 1. The lowest BCUT2D eigenvalue weighted by molar-refractivity contribution is -0.112. The molecule has 1 fully saturated rings. The van der Waals surface area contributed by atoms with Crippen LogP contribution in [0.25, 0.3) is 5.65 Å². The summed E-state index contributed by atoms with van der Waals surface area (Å²) < 4.78 is 12.3. The average Bonchev–Trinajstić information content (AvgIpc) is 3.67. The Labute approximate surface area is 235 Å². The van der Waals surface area contributed by atoms with E-state index in [1.165, 1.54) is 14.2 Å². The number of nitriles is 1. The molecule has 12 nitrogen and oxygen atoms in total. The van der Waals surface area contributed by atoms with Crippen LogP contribution in [0.1, 0.15) is 28.8 Å². The molecule has 1 aliphatic carbocycles. The number of aromatic nitrogens is 3. The maximum atomic E-state index is 12.6. The smallest absolute Gasteiger partial charge is 0.265 e. The summed E-state index contributed by atoms with van der Waals surface area (Å²) in [7, 11) is 3.08. The number of carbonyl (C=O) groups is 2. The van der Waals surface area contributed by atoms with Crippen LogP contribution in [-0.2, 0) is 11.3 Å². The number of ether oxygens (including phenoxy) is 2. The minimum atomic E-state index is -0.700. The number of nitrogens with zero attached hydrogens (tertiary/aromatic N) is 4. The quantitative estimate of drug-likeness (QED) is 0.159. The van der Waals surface area contributed by atoms with E-state index < -0.39 is 11.8 Å². The van der Waals surface area contributed by atoms with Crippen molar-refractivity contribution in [1.29, 1.82) is 5.26 Å². The Bertz CT molecular complexity index is 1680. The van der Waals surface area contributed by atoms with Crippen molar-refractivity contribution in [1.82, 2.24) is 14.4 Å². The van der Waals surface area contributed by atoms with E-state index in [2.05, 4.69) is 25.9 Å². The molecule has 5 rings (SSSR count). The third-order valence-electron chi connectivity index (χ3n) is 6.43. The Hall–Kier alpha value is -5.57. The molecule has 2 heterocycles. The van der Waals surface area contributed by atoms with Crippen molar-refractivity contribution in [3.63, 3.8) is 0 Å². The lowest BCUT2D eigenvalue weighted by Crippen LogP contribution is -2.18. The van der Waals surface area contributed by atoms with Crippen LogP contribution in [0.4, 0.5) is 23.1 Å². The fraction of sp³-hybridized carbons (Fsp3) is 0.207. The summed E-state index contributed by atoms with van der Waals surface area (Å²) >= 11 is 0. The van der Waals surface area contributed by atoms with Crippen molar-refractivity contribution in [3.05, 3.63) is 77.6 Å². The largest absolute Gasteiger partial charge is 0.497 e. The number of benzene rings is 2. The van der Waals surface area contributed by atoms with Gasteiger partial charge in [0.25, 0.3) is 11.8 Å². The third kappa shape index (κ3) is 6.20. The first kappa shape index (κ1) is 27.0. The summed E-state index contributed by atoms with van der Waals surface area (Å²) in [5.74, 6) is 0.862. The van der Waals surface area contributed by atoms with E-state index in [1.54, 1.807) is 47.1 Å². The zero-order valence-electron chi connectivity index (χ0n) is 22.5. The van der Waals surface area contributed by atoms with E-state index in [-0.39, 0.29) is 17.0 Å². The van der Waals surface area contributed by atoms with Crippen LogP contribution in [0.3, 0.4) is 0 Å². The molecule has 2 amide bonds. The Morgan fingerprint density at radius 1 is 1.15 bits per heavy atom. The minimum Gasteiger partial charge on any atom is -0.497 e. The van der Waals surface area contributed by atoms with Crippen LogP contribution in [0.2, 0.25) is 0 Å². The van der Waals surface area contributed by atoms with Crippen LogP contribution in [0, 0.1) is 17.2 Å². The zero-order chi connectivity index (χ0) is 28.9. The molecule has 0 bridgehead atoms. The van der Waals surface area contributed by atoms with Crippen LogP contribution in [0.5, 0.6) is 11.5 Å². The number of primary amides is 1. The second kappa shape index (κ2) is 11.7. The molecule has 5 N–H and O–H groups in total. The van der Waals surface area contributed by atoms with Crippen molar-refractivity contribution in [2.75, 3.05) is 30.2 Å². The molecule has 1 aliphatic rings. The van der Waals surface area contributed by atoms with E-state index in [9.17, 15) is 14.9 Å².